The van der Waals surface area contributed by atoms with Gasteiger partial charge in [-0.1, -0.05) is 0 Å². The van der Waals surface area contributed by atoms with Gasteiger partial charge in [-0.15, -0.1) is 11.3 Å². The smallest absolute Gasteiger partial charge is 0.326 e. The molecular weight excluding hydrogens is 437 g/mol. The van der Waals surface area contributed by atoms with E-state index < -0.39 is 17.7 Å². The number of amides is 2. The Kier molecular flexibility index (Phi) is 6.13. The van der Waals surface area contributed by atoms with E-state index in [1.54, 1.807) is 30.5 Å². The normalized spacial score (nSPS) is 12.7. The molecule has 0 atom stereocenters. The molecule has 1 N–H and O–H groups in total. The average molecular weight is 455 g/mol. The highest BCUT2D eigenvalue weighted by Crippen LogP contribution is 2.36. The molecule has 0 saturated heterocycles. The molecule has 0 aliphatic carbocycles. The first-order valence-corrected chi connectivity index (χ1v) is 10.6. The van der Waals surface area contributed by atoms with E-state index in [0.717, 1.165) is 0 Å². The van der Waals surface area contributed by atoms with Crippen molar-refractivity contribution in [2.75, 3.05) is 30.0 Å². The number of halogens is 1. The number of rotatable bonds is 6. The van der Waals surface area contributed by atoms with Crippen molar-refractivity contribution in [2.45, 2.75) is 6.92 Å². The monoisotopic (exact) mass is 455 g/mol. The molecule has 2 amide bonds. The number of ether oxygens (including phenoxy) is 2. The van der Waals surface area contributed by atoms with Crippen LogP contribution >= 0.6 is 11.3 Å². The van der Waals surface area contributed by atoms with Crippen LogP contribution in [-0.2, 0) is 14.3 Å². The van der Waals surface area contributed by atoms with Crippen molar-refractivity contribution >= 4 is 39.9 Å². The molecule has 0 bridgehead atoms. The van der Waals surface area contributed by atoms with Gasteiger partial charge in [0, 0.05) is 16.5 Å². The Morgan fingerprint density at radius 2 is 2.03 bits per heavy atom. The maximum atomic E-state index is 13.0. The fraction of sp³-hybridized carbons (Fsp3) is 0.182. The van der Waals surface area contributed by atoms with Gasteiger partial charge in [0.15, 0.2) is 11.7 Å². The number of esters is 1. The Morgan fingerprint density at radius 1 is 1.25 bits per heavy atom. The van der Waals surface area contributed by atoms with E-state index in [0.29, 0.717) is 33.4 Å². The van der Waals surface area contributed by atoms with E-state index in [1.165, 1.54) is 40.5 Å². The first kappa shape index (κ1) is 21.4. The van der Waals surface area contributed by atoms with Crippen molar-refractivity contribution in [3.63, 3.8) is 0 Å². The third-order valence-electron chi connectivity index (χ3n) is 4.62. The van der Waals surface area contributed by atoms with Crippen molar-refractivity contribution in [2.24, 2.45) is 0 Å². The highest BCUT2D eigenvalue weighted by Gasteiger charge is 2.28. The van der Waals surface area contributed by atoms with Gasteiger partial charge < -0.3 is 9.47 Å². The fourth-order valence-electron chi connectivity index (χ4n) is 3.10. The number of carbonyl (C=O) groups excluding carboxylic acids is 3. The summed E-state index contributed by atoms with van der Waals surface area (Å²) in [6.45, 7) is 1.53. The molecule has 1 aromatic heterocycles. The molecule has 8 nitrogen and oxygen atoms in total. The molecule has 1 aliphatic rings. The summed E-state index contributed by atoms with van der Waals surface area (Å²) in [5.74, 6) is -1.23. The quantitative estimate of drug-likeness (QED) is 0.572. The second-order valence-electron chi connectivity index (χ2n) is 6.75. The molecular formula is C22H18FN3O5S. The lowest BCUT2D eigenvalue weighted by Crippen LogP contribution is -2.42. The van der Waals surface area contributed by atoms with E-state index in [9.17, 15) is 18.8 Å². The molecule has 0 fully saturated rings. The predicted octanol–water partition coefficient (Wildman–Crippen LogP) is 3.49. The summed E-state index contributed by atoms with van der Waals surface area (Å²) in [6, 6.07) is 10.4. The summed E-state index contributed by atoms with van der Waals surface area (Å²) in [4.78, 5) is 42.3. The summed E-state index contributed by atoms with van der Waals surface area (Å²) in [7, 11) is 0. The number of hydrogen-bond donors (Lipinski definition) is 1. The molecule has 2 aromatic carbocycles. The number of hydrogen-bond acceptors (Lipinski definition) is 7. The highest BCUT2D eigenvalue weighted by molar-refractivity contribution is 7.14. The van der Waals surface area contributed by atoms with Gasteiger partial charge in [-0.3, -0.25) is 24.6 Å². The van der Waals surface area contributed by atoms with E-state index in [1.807, 2.05) is 0 Å². The van der Waals surface area contributed by atoms with Gasteiger partial charge in [0.25, 0.3) is 11.8 Å². The summed E-state index contributed by atoms with van der Waals surface area (Å²) < 4.78 is 23.5. The van der Waals surface area contributed by atoms with Crippen molar-refractivity contribution < 1.29 is 28.2 Å². The van der Waals surface area contributed by atoms with Gasteiger partial charge in [0.1, 0.15) is 18.1 Å². The Labute approximate surface area is 186 Å². The zero-order chi connectivity index (χ0) is 22.7. The van der Waals surface area contributed by atoms with Crippen molar-refractivity contribution in [1.29, 1.82) is 0 Å². The van der Waals surface area contributed by atoms with Crippen LogP contribution < -0.4 is 15.0 Å². The van der Waals surface area contributed by atoms with Gasteiger partial charge >= 0.3 is 5.97 Å². The minimum atomic E-state index is -0.515. The van der Waals surface area contributed by atoms with Gasteiger partial charge in [-0.2, -0.15) is 0 Å². The summed E-state index contributed by atoms with van der Waals surface area (Å²) >= 11 is 1.22. The molecule has 2 heterocycles. The number of thiazole rings is 1. The first-order chi connectivity index (χ1) is 15.4. The topological polar surface area (TPSA) is 97.8 Å². The zero-order valence-corrected chi connectivity index (χ0v) is 17.8. The number of fused-ring (bicyclic) bond motifs is 1. The number of nitrogens with one attached hydrogen (secondary N) is 1. The number of carbonyl (C=O) groups is 3. The SMILES string of the molecule is CCOC(=O)CN1C(=O)COc2ccc(-c3csc(NC(=O)c4ccc(F)cc4)n3)cc21. The third-order valence-corrected chi connectivity index (χ3v) is 5.38. The van der Waals surface area contributed by atoms with Crippen molar-refractivity contribution in [1.82, 2.24) is 4.98 Å². The van der Waals surface area contributed by atoms with Crippen LogP contribution in [0.3, 0.4) is 0 Å². The van der Waals surface area contributed by atoms with E-state index >= 15 is 0 Å². The number of benzene rings is 2. The van der Waals surface area contributed by atoms with Crippen LogP contribution in [0.25, 0.3) is 11.3 Å². The third kappa shape index (κ3) is 4.59. The second kappa shape index (κ2) is 9.15. The van der Waals surface area contributed by atoms with Gasteiger partial charge in [-0.25, -0.2) is 9.37 Å². The summed E-state index contributed by atoms with van der Waals surface area (Å²) in [6.07, 6.45) is 0. The minimum Gasteiger partial charge on any atom is -0.482 e. The molecule has 10 heteroatoms. The average Bonchev–Trinajstić information content (AvgIpc) is 3.24. The van der Waals surface area contributed by atoms with Crippen LogP contribution in [-0.4, -0.2) is 42.5 Å². The number of anilines is 2. The van der Waals surface area contributed by atoms with Gasteiger partial charge in [0.05, 0.1) is 18.0 Å². The van der Waals surface area contributed by atoms with Gasteiger partial charge in [0.2, 0.25) is 0 Å². The van der Waals surface area contributed by atoms with Crippen LogP contribution in [0.2, 0.25) is 0 Å². The molecule has 32 heavy (non-hydrogen) atoms. The van der Waals surface area contributed by atoms with E-state index in [4.69, 9.17) is 9.47 Å². The van der Waals surface area contributed by atoms with E-state index in [-0.39, 0.29) is 25.7 Å². The van der Waals surface area contributed by atoms with Crippen LogP contribution in [0, 0.1) is 5.82 Å². The molecule has 164 valence electrons. The lowest BCUT2D eigenvalue weighted by molar-refractivity contribution is -0.142. The Hall–Kier alpha value is -3.79. The second-order valence-corrected chi connectivity index (χ2v) is 7.61. The zero-order valence-electron chi connectivity index (χ0n) is 17.0. The minimum absolute atomic E-state index is 0.165. The van der Waals surface area contributed by atoms with Crippen molar-refractivity contribution in [3.8, 4) is 17.0 Å². The maximum absolute atomic E-state index is 13.0. The number of nitrogens with zero attached hydrogens (tertiary/aromatic N) is 2. The van der Waals surface area contributed by atoms with Crippen LogP contribution in [0.5, 0.6) is 5.75 Å². The molecule has 1 aliphatic heterocycles. The van der Waals surface area contributed by atoms with Crippen molar-refractivity contribution in [3.05, 3.63) is 59.2 Å². The van der Waals surface area contributed by atoms with Crippen LogP contribution in [0.4, 0.5) is 15.2 Å². The molecule has 0 saturated carbocycles. The summed E-state index contributed by atoms with van der Waals surface area (Å²) in [5, 5.41) is 4.80. The Balaban J connectivity index is 1.55. The predicted molar refractivity (Wildman–Crippen MR) is 116 cm³/mol. The molecule has 0 spiro atoms. The molecule has 0 radical (unpaired) electrons. The Bertz CT molecular complexity index is 1180. The lowest BCUT2D eigenvalue weighted by Gasteiger charge is -2.28. The molecule has 0 unspecified atom stereocenters. The van der Waals surface area contributed by atoms with E-state index in [2.05, 4.69) is 10.3 Å². The standard InChI is InChI=1S/C22H18FN3O5S/c1-2-30-20(28)10-26-17-9-14(5-8-18(17)31-11-19(26)27)16-12-32-22(24-16)25-21(29)13-3-6-15(23)7-4-13/h3-9,12H,2,10-11H2,1H3,(H,24,25,29). The molecule has 4 rings (SSSR count). The Morgan fingerprint density at radius 3 is 2.78 bits per heavy atom. The van der Waals surface area contributed by atoms with Crippen LogP contribution in [0.1, 0.15) is 17.3 Å². The largest absolute Gasteiger partial charge is 0.482 e. The lowest BCUT2D eigenvalue weighted by atomic mass is 10.1. The fourth-order valence-corrected chi connectivity index (χ4v) is 3.82. The number of aromatic nitrogens is 1. The van der Waals surface area contributed by atoms with Crippen LogP contribution in [0.15, 0.2) is 47.8 Å². The highest BCUT2D eigenvalue weighted by atomic mass is 32.1. The maximum Gasteiger partial charge on any atom is 0.326 e. The first-order valence-electron chi connectivity index (χ1n) is 9.70. The molecule has 3 aromatic rings. The van der Waals surface area contributed by atoms with Gasteiger partial charge in [-0.05, 0) is 49.4 Å². The summed E-state index contributed by atoms with van der Waals surface area (Å²) in [5.41, 5.74) is 2.00.